The van der Waals surface area contributed by atoms with Gasteiger partial charge in [-0.1, -0.05) is 32.4 Å². The van der Waals surface area contributed by atoms with Crippen LogP contribution in [0.25, 0.3) is 10.9 Å². The number of carbonyl (C=O) groups is 1. The lowest BCUT2D eigenvalue weighted by Gasteiger charge is -2.17. The molecule has 6 heteroatoms. The second-order valence-electron chi connectivity index (χ2n) is 5.76. The molecule has 0 saturated carbocycles. The molecule has 0 spiro atoms. The van der Waals surface area contributed by atoms with E-state index in [0.717, 1.165) is 6.42 Å². The van der Waals surface area contributed by atoms with Crippen LogP contribution < -0.4 is 10.7 Å². The largest absolute Gasteiger partial charge is 0.391 e. The van der Waals surface area contributed by atoms with Crippen LogP contribution in [0.15, 0.2) is 35.3 Å². The number of nitrogens with zero attached hydrogens (tertiary/aromatic N) is 2. The third-order valence-electron chi connectivity index (χ3n) is 4.12. The van der Waals surface area contributed by atoms with Crippen molar-refractivity contribution in [3.8, 4) is 0 Å². The number of aryl methyl sites for hydroxylation is 1. The van der Waals surface area contributed by atoms with Crippen LogP contribution in [0.3, 0.4) is 0 Å². The van der Waals surface area contributed by atoms with Gasteiger partial charge in [0.15, 0.2) is 0 Å². The third-order valence-corrected chi connectivity index (χ3v) is 4.12. The van der Waals surface area contributed by atoms with E-state index in [-0.39, 0.29) is 30.2 Å². The predicted molar refractivity (Wildman–Crippen MR) is 89.1 cm³/mol. The predicted octanol–water partition coefficient (Wildman–Crippen LogP) is 1.31. The monoisotopic (exact) mass is 317 g/mol. The summed E-state index contributed by atoms with van der Waals surface area (Å²) in [7, 11) is 0. The number of aliphatic hydroxyl groups is 1. The molecule has 2 unspecified atom stereocenters. The fourth-order valence-corrected chi connectivity index (χ4v) is 2.33. The number of nitrogens with one attached hydrogen (secondary N) is 1. The van der Waals surface area contributed by atoms with Crippen molar-refractivity contribution in [1.29, 1.82) is 0 Å². The smallest absolute Gasteiger partial charge is 0.221 e. The minimum atomic E-state index is -0.532. The second kappa shape index (κ2) is 7.87. The first-order valence-electron chi connectivity index (χ1n) is 7.92. The topological polar surface area (TPSA) is 84.2 Å². The number of hydrogen-bond donors (Lipinski definition) is 2. The number of para-hydroxylation sites is 1. The molecule has 0 fully saturated rings. The zero-order valence-corrected chi connectivity index (χ0v) is 13.5. The van der Waals surface area contributed by atoms with Gasteiger partial charge in [0.25, 0.3) is 0 Å². The average molecular weight is 317 g/mol. The number of hydrogen-bond acceptors (Lipinski definition) is 4. The first-order chi connectivity index (χ1) is 11.0. The first-order valence-corrected chi connectivity index (χ1v) is 7.92. The summed E-state index contributed by atoms with van der Waals surface area (Å²) in [6.07, 6.45) is 1.85. The van der Waals surface area contributed by atoms with Crippen molar-refractivity contribution in [2.45, 2.75) is 39.3 Å². The molecule has 2 rings (SSSR count). The van der Waals surface area contributed by atoms with Gasteiger partial charge in [0.05, 0.1) is 24.4 Å². The van der Waals surface area contributed by atoms with Crippen LogP contribution in [0.2, 0.25) is 0 Å². The Labute approximate surface area is 135 Å². The van der Waals surface area contributed by atoms with Crippen LogP contribution in [0.1, 0.15) is 26.7 Å². The Morgan fingerprint density at radius 3 is 2.87 bits per heavy atom. The highest BCUT2D eigenvalue weighted by Crippen LogP contribution is 2.09. The molecule has 0 aliphatic carbocycles. The van der Waals surface area contributed by atoms with Gasteiger partial charge in [-0.2, -0.15) is 5.10 Å². The molecule has 23 heavy (non-hydrogen) atoms. The number of aromatic nitrogens is 2. The van der Waals surface area contributed by atoms with Gasteiger partial charge in [-0.25, -0.2) is 0 Å². The minimum Gasteiger partial charge on any atom is -0.391 e. The first kappa shape index (κ1) is 17.1. The summed E-state index contributed by atoms with van der Waals surface area (Å²) in [4.78, 5) is 23.7. The fraction of sp³-hybridized carbons (Fsp3) is 0.471. The van der Waals surface area contributed by atoms with Gasteiger partial charge < -0.3 is 10.4 Å². The van der Waals surface area contributed by atoms with E-state index in [2.05, 4.69) is 10.4 Å². The van der Waals surface area contributed by atoms with Crippen molar-refractivity contribution in [2.24, 2.45) is 5.92 Å². The van der Waals surface area contributed by atoms with Crippen LogP contribution in [-0.2, 0) is 11.3 Å². The van der Waals surface area contributed by atoms with Crippen molar-refractivity contribution in [2.75, 3.05) is 6.54 Å². The molecular formula is C17H23N3O3. The van der Waals surface area contributed by atoms with E-state index in [1.165, 1.54) is 6.20 Å². The average Bonchev–Trinajstić information content (AvgIpc) is 2.58. The van der Waals surface area contributed by atoms with E-state index in [1.807, 2.05) is 26.0 Å². The Bertz CT molecular complexity index is 726. The van der Waals surface area contributed by atoms with Gasteiger partial charge >= 0.3 is 0 Å². The lowest BCUT2D eigenvalue weighted by atomic mass is 10.0. The lowest BCUT2D eigenvalue weighted by Crippen LogP contribution is -2.35. The number of aliphatic hydroxyl groups excluding tert-OH is 1. The van der Waals surface area contributed by atoms with E-state index in [1.54, 1.807) is 16.8 Å². The highest BCUT2D eigenvalue weighted by atomic mass is 16.3. The van der Waals surface area contributed by atoms with Crippen molar-refractivity contribution in [3.05, 3.63) is 40.7 Å². The van der Waals surface area contributed by atoms with Crippen LogP contribution in [-0.4, -0.2) is 33.4 Å². The Morgan fingerprint density at radius 2 is 2.13 bits per heavy atom. The van der Waals surface area contributed by atoms with Gasteiger partial charge in [-0.15, -0.1) is 0 Å². The maximum absolute atomic E-state index is 11.9. The molecule has 0 radical (unpaired) electrons. The van der Waals surface area contributed by atoms with Crippen molar-refractivity contribution < 1.29 is 9.90 Å². The Balaban J connectivity index is 1.95. The standard InChI is InChI=1S/C17H23N3O3/c1-3-12(2)15(21)10-18-17(23)8-9-20-14-7-5-4-6-13(14)16(22)11-19-20/h4-7,11-12,15,21H,3,8-10H2,1-2H3,(H,18,23). The van der Waals surface area contributed by atoms with Crippen LogP contribution in [0, 0.1) is 5.92 Å². The summed E-state index contributed by atoms with van der Waals surface area (Å²) < 4.78 is 1.65. The van der Waals surface area contributed by atoms with Gasteiger partial charge in [-0.05, 0) is 18.1 Å². The minimum absolute atomic E-state index is 0.127. The maximum Gasteiger partial charge on any atom is 0.221 e. The summed E-state index contributed by atoms with van der Waals surface area (Å²) in [6.45, 7) is 4.59. The van der Waals surface area contributed by atoms with E-state index in [4.69, 9.17) is 0 Å². The number of carbonyl (C=O) groups excluding carboxylic acids is 1. The molecule has 1 heterocycles. The molecular weight excluding hydrogens is 294 g/mol. The van der Waals surface area contributed by atoms with E-state index < -0.39 is 6.10 Å². The fourth-order valence-electron chi connectivity index (χ4n) is 2.33. The number of benzene rings is 1. The van der Waals surface area contributed by atoms with Crippen molar-refractivity contribution in [1.82, 2.24) is 15.1 Å². The quantitative estimate of drug-likeness (QED) is 0.806. The maximum atomic E-state index is 11.9. The van der Waals surface area contributed by atoms with Crippen LogP contribution in [0.5, 0.6) is 0 Å². The Morgan fingerprint density at radius 1 is 1.39 bits per heavy atom. The van der Waals surface area contributed by atoms with Gasteiger partial charge in [0.2, 0.25) is 11.3 Å². The van der Waals surface area contributed by atoms with E-state index in [0.29, 0.717) is 17.4 Å². The summed E-state index contributed by atoms with van der Waals surface area (Å²) in [5, 5.41) is 17.3. The molecule has 0 aliphatic rings. The summed E-state index contributed by atoms with van der Waals surface area (Å²) in [5.41, 5.74) is 0.588. The molecule has 6 nitrogen and oxygen atoms in total. The van der Waals surface area contributed by atoms with Gasteiger partial charge in [0.1, 0.15) is 0 Å². The zero-order chi connectivity index (χ0) is 16.8. The van der Waals surface area contributed by atoms with Crippen LogP contribution >= 0.6 is 0 Å². The van der Waals surface area contributed by atoms with Crippen molar-refractivity contribution in [3.63, 3.8) is 0 Å². The van der Waals surface area contributed by atoms with E-state index in [9.17, 15) is 14.7 Å². The molecule has 1 aromatic carbocycles. The molecule has 2 N–H and O–H groups in total. The molecule has 124 valence electrons. The van der Waals surface area contributed by atoms with Crippen molar-refractivity contribution >= 4 is 16.8 Å². The van der Waals surface area contributed by atoms with Gasteiger partial charge in [-0.3, -0.25) is 14.3 Å². The zero-order valence-electron chi connectivity index (χ0n) is 13.5. The summed E-state index contributed by atoms with van der Waals surface area (Å²) >= 11 is 0. The molecule has 0 aliphatic heterocycles. The lowest BCUT2D eigenvalue weighted by molar-refractivity contribution is -0.121. The highest BCUT2D eigenvalue weighted by molar-refractivity contribution is 5.79. The Hall–Kier alpha value is -2.21. The number of rotatable bonds is 7. The third kappa shape index (κ3) is 4.39. The molecule has 0 saturated heterocycles. The molecule has 1 amide bonds. The molecule has 2 atom stereocenters. The normalized spacial score (nSPS) is 13.7. The highest BCUT2D eigenvalue weighted by Gasteiger charge is 2.13. The number of fused-ring (bicyclic) bond motifs is 1. The van der Waals surface area contributed by atoms with Crippen LogP contribution in [0.4, 0.5) is 0 Å². The second-order valence-corrected chi connectivity index (χ2v) is 5.76. The SMILES string of the molecule is CCC(C)C(O)CNC(=O)CCn1ncc(=O)c2ccccc21. The van der Waals surface area contributed by atoms with E-state index >= 15 is 0 Å². The Kier molecular flexibility index (Phi) is 5.87. The summed E-state index contributed by atoms with van der Waals surface area (Å²) in [5.74, 6) is 0.0109. The summed E-state index contributed by atoms with van der Waals surface area (Å²) in [6, 6.07) is 7.20. The molecule has 0 bridgehead atoms. The number of amides is 1. The van der Waals surface area contributed by atoms with Gasteiger partial charge in [0, 0.05) is 18.4 Å². The molecule has 2 aromatic rings. The molecule has 1 aromatic heterocycles.